The zero-order chi connectivity index (χ0) is 16.9. The second-order valence-electron chi connectivity index (χ2n) is 9.19. The normalized spacial score (nSPS) is 46.7. The van der Waals surface area contributed by atoms with Gasteiger partial charge in [0.2, 0.25) is 0 Å². The van der Waals surface area contributed by atoms with Crippen LogP contribution in [0.5, 0.6) is 0 Å². The number of carbonyl (C=O) groups is 1. The molecule has 132 valence electrons. The molecule has 6 atom stereocenters. The van der Waals surface area contributed by atoms with Crippen LogP contribution in [0.2, 0.25) is 0 Å². The van der Waals surface area contributed by atoms with Crippen molar-refractivity contribution in [1.29, 1.82) is 0 Å². The summed E-state index contributed by atoms with van der Waals surface area (Å²) < 4.78 is 6.07. The van der Waals surface area contributed by atoms with Crippen LogP contribution in [0.1, 0.15) is 65.7 Å². The number of allylic oxidation sites excluding steroid dienone is 4. The Labute approximate surface area is 146 Å². The summed E-state index contributed by atoms with van der Waals surface area (Å²) in [5, 5.41) is 0. The van der Waals surface area contributed by atoms with Crippen molar-refractivity contribution >= 4 is 5.78 Å². The van der Waals surface area contributed by atoms with Gasteiger partial charge in [-0.05, 0) is 75.0 Å². The van der Waals surface area contributed by atoms with Gasteiger partial charge in [0.15, 0.2) is 5.78 Å². The summed E-state index contributed by atoms with van der Waals surface area (Å²) in [6, 6.07) is 0. The first-order chi connectivity index (χ1) is 11.4. The van der Waals surface area contributed by atoms with Crippen LogP contribution in [0.3, 0.4) is 0 Å². The van der Waals surface area contributed by atoms with Crippen molar-refractivity contribution in [3.05, 3.63) is 23.8 Å². The maximum Gasteiger partial charge on any atom is 0.155 e. The van der Waals surface area contributed by atoms with Gasteiger partial charge in [-0.2, -0.15) is 0 Å². The summed E-state index contributed by atoms with van der Waals surface area (Å²) in [5.41, 5.74) is 2.30. The molecule has 0 aliphatic heterocycles. The highest BCUT2D eigenvalue weighted by Gasteiger charge is 2.58. The molecule has 3 fully saturated rings. The van der Waals surface area contributed by atoms with Gasteiger partial charge in [-0.1, -0.05) is 37.6 Å². The average molecular weight is 328 g/mol. The molecule has 0 saturated heterocycles. The van der Waals surface area contributed by atoms with E-state index in [4.69, 9.17) is 4.74 Å². The first kappa shape index (κ1) is 16.6. The number of fused-ring (bicyclic) bond motifs is 5. The number of ketones is 1. The fourth-order valence-corrected chi connectivity index (χ4v) is 6.78. The van der Waals surface area contributed by atoms with Crippen LogP contribution in [0.25, 0.3) is 0 Å². The van der Waals surface area contributed by atoms with Gasteiger partial charge in [-0.15, -0.1) is 0 Å². The van der Waals surface area contributed by atoms with Gasteiger partial charge >= 0.3 is 0 Å². The molecular formula is C22H32O2. The lowest BCUT2D eigenvalue weighted by molar-refractivity contribution is -0.130. The van der Waals surface area contributed by atoms with Crippen LogP contribution in [-0.2, 0) is 9.53 Å². The van der Waals surface area contributed by atoms with Crippen molar-refractivity contribution in [3.8, 4) is 0 Å². The highest BCUT2D eigenvalue weighted by molar-refractivity contribution is 5.76. The minimum Gasteiger partial charge on any atom is -0.370 e. The average Bonchev–Trinajstić information content (AvgIpc) is 2.89. The Morgan fingerprint density at radius 2 is 2.04 bits per heavy atom. The van der Waals surface area contributed by atoms with Gasteiger partial charge < -0.3 is 4.74 Å². The third kappa shape index (κ3) is 2.36. The van der Waals surface area contributed by atoms with E-state index in [9.17, 15) is 4.79 Å². The van der Waals surface area contributed by atoms with Crippen LogP contribution in [0, 0.1) is 28.6 Å². The molecule has 2 nitrogen and oxygen atoms in total. The topological polar surface area (TPSA) is 26.3 Å². The quantitative estimate of drug-likeness (QED) is 0.675. The zero-order valence-corrected chi connectivity index (χ0v) is 15.5. The van der Waals surface area contributed by atoms with E-state index in [-0.39, 0.29) is 11.2 Å². The zero-order valence-electron chi connectivity index (χ0n) is 15.5. The van der Waals surface area contributed by atoms with E-state index >= 15 is 0 Å². The van der Waals surface area contributed by atoms with E-state index < -0.39 is 0 Å². The first-order valence-corrected chi connectivity index (χ1v) is 9.93. The van der Waals surface area contributed by atoms with E-state index in [2.05, 4.69) is 32.1 Å². The van der Waals surface area contributed by atoms with Gasteiger partial charge in [0.05, 0.1) is 6.10 Å². The second-order valence-corrected chi connectivity index (χ2v) is 9.19. The van der Waals surface area contributed by atoms with Crippen LogP contribution < -0.4 is 0 Å². The number of carbonyl (C=O) groups excluding carboxylic acids is 1. The van der Waals surface area contributed by atoms with Gasteiger partial charge in [0.25, 0.3) is 0 Å². The molecule has 0 spiro atoms. The SMILES string of the molecule is CC(=O)COC1CC[C@H]2[C@@H]3CCC4=CCC=C[C@]4(C)[C@H]3CC[C@]12C. The maximum absolute atomic E-state index is 11.4. The minimum atomic E-state index is 0.156. The number of Topliss-reactive ketones (excluding diaryl/α,β-unsaturated/α-hetero) is 1. The number of rotatable bonds is 3. The molecule has 0 aromatic carbocycles. The van der Waals surface area contributed by atoms with Crippen molar-refractivity contribution in [1.82, 2.24) is 0 Å². The molecule has 1 unspecified atom stereocenters. The van der Waals surface area contributed by atoms with E-state index in [1.54, 1.807) is 12.5 Å². The lowest BCUT2D eigenvalue weighted by atomic mass is 9.48. The van der Waals surface area contributed by atoms with Gasteiger partial charge in [-0.3, -0.25) is 4.79 Å². The lowest BCUT2D eigenvalue weighted by Gasteiger charge is -2.57. The summed E-state index contributed by atoms with van der Waals surface area (Å²) in [6.45, 7) is 6.88. The molecule has 4 aliphatic rings. The predicted octanol–water partition coefficient (Wildman–Crippen LogP) is 5.09. The monoisotopic (exact) mass is 328 g/mol. The summed E-state index contributed by atoms with van der Waals surface area (Å²) in [5.74, 6) is 2.57. The molecule has 0 amide bonds. The Morgan fingerprint density at radius 3 is 2.83 bits per heavy atom. The highest BCUT2D eigenvalue weighted by atomic mass is 16.5. The molecule has 0 heterocycles. The van der Waals surface area contributed by atoms with Gasteiger partial charge in [0.1, 0.15) is 6.61 Å². The fourth-order valence-electron chi connectivity index (χ4n) is 6.78. The minimum absolute atomic E-state index is 0.156. The molecule has 0 aromatic heterocycles. The molecule has 4 aliphatic carbocycles. The van der Waals surface area contributed by atoms with Crippen LogP contribution >= 0.6 is 0 Å². The van der Waals surface area contributed by atoms with E-state index in [0.717, 1.165) is 30.6 Å². The Hall–Kier alpha value is -0.890. The van der Waals surface area contributed by atoms with Gasteiger partial charge in [-0.25, -0.2) is 0 Å². The molecule has 0 radical (unpaired) electrons. The number of hydrogen-bond donors (Lipinski definition) is 0. The highest BCUT2D eigenvalue weighted by Crippen LogP contribution is 2.64. The molecular weight excluding hydrogens is 296 g/mol. The molecule has 4 rings (SSSR count). The maximum atomic E-state index is 11.4. The van der Waals surface area contributed by atoms with Crippen molar-refractivity contribution in [3.63, 3.8) is 0 Å². The largest absolute Gasteiger partial charge is 0.370 e. The first-order valence-electron chi connectivity index (χ1n) is 9.93. The summed E-state index contributed by atoms with van der Waals surface area (Å²) in [7, 11) is 0. The van der Waals surface area contributed by atoms with Crippen molar-refractivity contribution in [2.24, 2.45) is 28.6 Å². The Kier molecular flexibility index (Phi) is 4.03. The third-order valence-electron chi connectivity index (χ3n) is 8.01. The number of ether oxygens (including phenoxy) is 1. The molecule has 0 N–H and O–H groups in total. The van der Waals surface area contributed by atoms with Crippen molar-refractivity contribution in [2.45, 2.75) is 71.8 Å². The van der Waals surface area contributed by atoms with Crippen LogP contribution in [0.15, 0.2) is 23.8 Å². The van der Waals surface area contributed by atoms with Crippen molar-refractivity contribution < 1.29 is 9.53 Å². The second kappa shape index (κ2) is 5.83. The molecule has 0 aromatic rings. The third-order valence-corrected chi connectivity index (χ3v) is 8.01. The van der Waals surface area contributed by atoms with E-state index in [1.165, 1.54) is 32.1 Å². The molecule has 2 heteroatoms. The smallest absolute Gasteiger partial charge is 0.155 e. The standard InChI is InChI=1S/C22H32O2/c1-15(23)14-24-20-10-9-18-17-8-7-16-6-4-5-12-21(16,2)19(17)11-13-22(18,20)3/h5-6,12,17-20H,4,7-11,13-14H2,1-3H3/t17-,18-,19-,20?,21-,22-/m0/s1. The van der Waals surface area contributed by atoms with Crippen LogP contribution in [0.4, 0.5) is 0 Å². The van der Waals surface area contributed by atoms with Crippen molar-refractivity contribution in [2.75, 3.05) is 6.61 Å². The molecule has 24 heavy (non-hydrogen) atoms. The Bertz CT molecular complexity index is 589. The summed E-state index contributed by atoms with van der Waals surface area (Å²) in [4.78, 5) is 11.4. The fraction of sp³-hybridized carbons (Fsp3) is 0.773. The summed E-state index contributed by atoms with van der Waals surface area (Å²) >= 11 is 0. The number of hydrogen-bond acceptors (Lipinski definition) is 2. The lowest BCUT2D eigenvalue weighted by Crippen LogP contribution is -2.50. The van der Waals surface area contributed by atoms with E-state index in [1.807, 2.05) is 0 Å². The predicted molar refractivity (Wildman–Crippen MR) is 96.6 cm³/mol. The van der Waals surface area contributed by atoms with Crippen LogP contribution in [-0.4, -0.2) is 18.5 Å². The molecule has 0 bridgehead atoms. The Morgan fingerprint density at radius 1 is 1.21 bits per heavy atom. The van der Waals surface area contributed by atoms with Gasteiger partial charge in [0, 0.05) is 5.41 Å². The van der Waals surface area contributed by atoms with E-state index in [0.29, 0.717) is 18.1 Å². The molecule has 3 saturated carbocycles. The Balaban J connectivity index is 1.57. The summed E-state index contributed by atoms with van der Waals surface area (Å²) in [6.07, 6.45) is 16.5.